The van der Waals surface area contributed by atoms with Crippen molar-refractivity contribution in [1.82, 2.24) is 14.6 Å². The Kier molecular flexibility index (Phi) is 6.94. The van der Waals surface area contributed by atoms with Crippen LogP contribution in [-0.4, -0.2) is 38.8 Å². The first-order chi connectivity index (χ1) is 19.5. The number of nitrogens with zero attached hydrogens (tertiary/aromatic N) is 4. The van der Waals surface area contributed by atoms with Crippen LogP contribution >= 0.6 is 0 Å². The van der Waals surface area contributed by atoms with Gasteiger partial charge in [-0.15, -0.1) is 0 Å². The van der Waals surface area contributed by atoms with Crippen molar-refractivity contribution in [3.05, 3.63) is 107 Å². The monoisotopic (exact) mass is 540 g/mol. The van der Waals surface area contributed by atoms with Crippen molar-refractivity contribution in [2.45, 2.75) is 31.8 Å². The standard InChI is InChI=1S/C31H26F2N4O3/c32-23-12-8-20(9-13-23)16-22-4-3-5-25-30(22)35-37(31(25)21-10-14-24(33)15-11-21)28(38)18-40-29(39)17-36-19-34-26-6-1-2-7-27(26)36/h1-2,6-16,19,25,31H,3-5,17-18H2. The number of carbonyl (C=O) groups excluding carboxylic acids is 2. The van der Waals surface area contributed by atoms with Gasteiger partial charge in [-0.05, 0) is 78.4 Å². The molecule has 6 rings (SSSR count). The Morgan fingerprint density at radius 2 is 1.70 bits per heavy atom. The summed E-state index contributed by atoms with van der Waals surface area (Å²) in [6.07, 6.45) is 5.96. The Morgan fingerprint density at radius 1 is 0.975 bits per heavy atom. The fourth-order valence-corrected chi connectivity index (χ4v) is 5.49. The third-order valence-electron chi connectivity index (χ3n) is 7.36. The molecule has 202 valence electrons. The smallest absolute Gasteiger partial charge is 0.326 e. The number of allylic oxidation sites excluding steroid dienone is 1. The maximum atomic E-state index is 13.7. The minimum atomic E-state index is -0.573. The Hall–Kier alpha value is -4.66. The number of rotatable bonds is 6. The molecule has 1 aliphatic carbocycles. The van der Waals surface area contributed by atoms with Crippen LogP contribution in [0.15, 0.2) is 89.8 Å². The molecule has 0 bridgehead atoms. The molecule has 1 saturated carbocycles. The van der Waals surface area contributed by atoms with E-state index in [4.69, 9.17) is 9.84 Å². The van der Waals surface area contributed by atoms with Crippen LogP contribution in [0.3, 0.4) is 0 Å². The number of esters is 1. The number of hydrogen-bond donors (Lipinski definition) is 0. The van der Waals surface area contributed by atoms with Crippen molar-refractivity contribution in [2.24, 2.45) is 11.0 Å². The van der Waals surface area contributed by atoms with Gasteiger partial charge in [0.2, 0.25) is 0 Å². The first-order valence-electron chi connectivity index (χ1n) is 13.1. The van der Waals surface area contributed by atoms with Gasteiger partial charge < -0.3 is 9.30 Å². The summed E-state index contributed by atoms with van der Waals surface area (Å²) in [5.74, 6) is -1.84. The zero-order valence-corrected chi connectivity index (χ0v) is 21.5. The van der Waals surface area contributed by atoms with Crippen LogP contribution in [0.4, 0.5) is 8.78 Å². The molecule has 0 radical (unpaired) electrons. The highest BCUT2D eigenvalue weighted by Gasteiger charge is 2.43. The molecular weight excluding hydrogens is 514 g/mol. The number of hydrogen-bond acceptors (Lipinski definition) is 5. The van der Waals surface area contributed by atoms with Crippen molar-refractivity contribution in [2.75, 3.05) is 6.61 Å². The molecule has 9 heteroatoms. The average molecular weight is 541 g/mol. The summed E-state index contributed by atoms with van der Waals surface area (Å²) in [4.78, 5) is 30.4. The van der Waals surface area contributed by atoms with E-state index >= 15 is 0 Å². The second-order valence-electron chi connectivity index (χ2n) is 9.96. The van der Waals surface area contributed by atoms with Crippen molar-refractivity contribution in [1.29, 1.82) is 0 Å². The lowest BCUT2D eigenvalue weighted by Crippen LogP contribution is -2.34. The minimum Gasteiger partial charge on any atom is -0.454 e. The molecule has 40 heavy (non-hydrogen) atoms. The topological polar surface area (TPSA) is 76.8 Å². The summed E-state index contributed by atoms with van der Waals surface area (Å²) in [6, 6.07) is 19.2. The van der Waals surface area contributed by atoms with Gasteiger partial charge in [-0.2, -0.15) is 5.10 Å². The fourth-order valence-electron chi connectivity index (χ4n) is 5.49. The molecule has 4 aromatic rings. The van der Waals surface area contributed by atoms with Crippen molar-refractivity contribution < 1.29 is 23.1 Å². The predicted molar refractivity (Wildman–Crippen MR) is 146 cm³/mol. The van der Waals surface area contributed by atoms with Crippen LogP contribution in [0.1, 0.15) is 36.4 Å². The zero-order valence-electron chi connectivity index (χ0n) is 21.5. The molecule has 7 nitrogen and oxygen atoms in total. The number of imidazole rings is 1. The first-order valence-corrected chi connectivity index (χ1v) is 13.1. The highest BCUT2D eigenvalue weighted by Crippen LogP contribution is 2.44. The van der Waals surface area contributed by atoms with E-state index < -0.39 is 24.5 Å². The molecule has 0 spiro atoms. The number of benzene rings is 3. The van der Waals surface area contributed by atoms with E-state index in [2.05, 4.69) is 4.98 Å². The summed E-state index contributed by atoms with van der Waals surface area (Å²) in [5, 5.41) is 6.11. The van der Waals surface area contributed by atoms with Gasteiger partial charge >= 0.3 is 5.97 Å². The maximum Gasteiger partial charge on any atom is 0.326 e. The van der Waals surface area contributed by atoms with Crippen molar-refractivity contribution in [3.8, 4) is 0 Å². The number of ether oxygens (including phenoxy) is 1. The van der Waals surface area contributed by atoms with Gasteiger partial charge in [0.25, 0.3) is 5.91 Å². The Labute approximate surface area is 229 Å². The highest BCUT2D eigenvalue weighted by atomic mass is 19.1. The lowest BCUT2D eigenvalue weighted by Gasteiger charge is -2.29. The largest absolute Gasteiger partial charge is 0.454 e. The van der Waals surface area contributed by atoms with Crippen LogP contribution < -0.4 is 0 Å². The lowest BCUT2D eigenvalue weighted by molar-refractivity contribution is -0.153. The van der Waals surface area contributed by atoms with Gasteiger partial charge in [0.05, 0.1) is 29.1 Å². The number of carbonyl (C=O) groups is 2. The van der Waals surface area contributed by atoms with Gasteiger partial charge in [-0.1, -0.05) is 36.4 Å². The van der Waals surface area contributed by atoms with E-state index in [9.17, 15) is 18.4 Å². The number of fused-ring (bicyclic) bond motifs is 2. The van der Waals surface area contributed by atoms with Gasteiger partial charge in [0, 0.05) is 5.92 Å². The van der Waals surface area contributed by atoms with E-state index in [1.807, 2.05) is 30.3 Å². The molecule has 2 atom stereocenters. The molecule has 0 saturated heterocycles. The van der Waals surface area contributed by atoms with Gasteiger partial charge in [0.1, 0.15) is 18.2 Å². The van der Waals surface area contributed by atoms with Gasteiger partial charge in [-0.25, -0.2) is 18.8 Å². The number of hydrazone groups is 1. The van der Waals surface area contributed by atoms with Gasteiger partial charge in [0.15, 0.2) is 6.61 Å². The van der Waals surface area contributed by atoms with Gasteiger partial charge in [-0.3, -0.25) is 9.59 Å². The molecule has 3 aromatic carbocycles. The van der Waals surface area contributed by atoms with Crippen LogP contribution in [0, 0.1) is 17.6 Å². The van der Waals surface area contributed by atoms with Crippen molar-refractivity contribution >= 4 is 34.7 Å². The molecule has 0 N–H and O–H groups in total. The van der Waals surface area contributed by atoms with E-state index in [1.54, 1.807) is 35.2 Å². The van der Waals surface area contributed by atoms with E-state index in [0.717, 1.165) is 52.7 Å². The van der Waals surface area contributed by atoms with Crippen molar-refractivity contribution in [3.63, 3.8) is 0 Å². The van der Waals surface area contributed by atoms with Crippen LogP contribution in [0.5, 0.6) is 0 Å². The summed E-state index contributed by atoms with van der Waals surface area (Å²) in [6.45, 7) is -0.569. The fraction of sp³-hybridized carbons (Fsp3) is 0.226. The van der Waals surface area contributed by atoms with Crippen LogP contribution in [0.2, 0.25) is 0 Å². The lowest BCUT2D eigenvalue weighted by atomic mass is 9.77. The van der Waals surface area contributed by atoms with E-state index in [1.165, 1.54) is 29.3 Å². The van der Waals surface area contributed by atoms with Crippen LogP contribution in [0.25, 0.3) is 17.1 Å². The molecule has 1 aliphatic heterocycles. The summed E-state index contributed by atoms with van der Waals surface area (Å²) < 4.78 is 34.2. The third kappa shape index (κ3) is 5.14. The summed E-state index contributed by atoms with van der Waals surface area (Å²) in [5.41, 5.74) is 4.87. The molecule has 1 amide bonds. The normalized spacial score (nSPS) is 19.5. The first kappa shape index (κ1) is 25.6. The molecule has 2 heterocycles. The zero-order chi connectivity index (χ0) is 27.6. The third-order valence-corrected chi connectivity index (χ3v) is 7.36. The second-order valence-corrected chi connectivity index (χ2v) is 9.96. The number of para-hydroxylation sites is 2. The molecule has 2 aliphatic rings. The van der Waals surface area contributed by atoms with E-state index in [0.29, 0.717) is 0 Å². The second kappa shape index (κ2) is 10.8. The SMILES string of the molecule is O=C(Cn1cnc2ccccc21)OCC(=O)N1N=C2C(=Cc3ccc(F)cc3)CCCC2C1c1ccc(F)cc1. The van der Waals surface area contributed by atoms with Crippen LogP contribution in [-0.2, 0) is 20.9 Å². The Morgan fingerprint density at radius 3 is 2.48 bits per heavy atom. The molecule has 2 unspecified atom stereocenters. The molecule has 1 fully saturated rings. The Balaban J connectivity index is 1.24. The number of halogens is 2. The Bertz CT molecular complexity index is 1630. The van der Waals surface area contributed by atoms with E-state index in [-0.39, 0.29) is 24.1 Å². The molecule has 1 aromatic heterocycles. The summed E-state index contributed by atoms with van der Waals surface area (Å²) in [7, 11) is 0. The predicted octanol–water partition coefficient (Wildman–Crippen LogP) is 5.68. The number of aromatic nitrogens is 2. The number of amides is 1. The maximum absolute atomic E-state index is 13.7. The minimum absolute atomic E-state index is 0.0864. The quantitative estimate of drug-likeness (QED) is 0.295. The summed E-state index contributed by atoms with van der Waals surface area (Å²) >= 11 is 0. The highest BCUT2D eigenvalue weighted by molar-refractivity contribution is 6.08. The molecular formula is C31H26F2N4O3. The average Bonchev–Trinajstić information content (AvgIpc) is 3.56.